The molecule has 0 fully saturated rings. The predicted octanol–water partition coefficient (Wildman–Crippen LogP) is -7.21. The zero-order valence-electron chi connectivity index (χ0n) is 27.8. The minimum atomic E-state index is -5.31. The van der Waals surface area contributed by atoms with E-state index in [1.165, 1.54) is 19.2 Å². The Kier molecular flexibility index (Phi) is 27.1. The number of sulfone groups is 2. The Bertz CT molecular complexity index is 2050. The fourth-order valence-electron chi connectivity index (χ4n) is 3.46. The average molecular weight is 886 g/mol. The quantitative estimate of drug-likeness (QED) is 0.0202. The van der Waals surface area contributed by atoms with E-state index in [4.69, 9.17) is 20.4 Å². The van der Waals surface area contributed by atoms with Gasteiger partial charge >= 0.3 is 88.7 Å². The number of anilines is 2. The van der Waals surface area contributed by atoms with Gasteiger partial charge in [-0.3, -0.25) is 18.4 Å². The van der Waals surface area contributed by atoms with Crippen molar-refractivity contribution in [2.24, 2.45) is 20.5 Å². The normalized spacial score (nSPS) is 11.7. The SMILES string of the molecule is C.COc1ccc(S(=O)(=O)CCOSOO[O-])cc1N=Nc1cc(N=Nc2ccc(S(=O)(=O)CCOSOO[O-])cc2S(=O)(=O)[O-])c(N)nc1N.[Na+].[Na+].[Na+]. The van der Waals surface area contributed by atoms with Crippen LogP contribution in [0.4, 0.5) is 34.4 Å². The van der Waals surface area contributed by atoms with Crippen LogP contribution < -0.4 is 115 Å². The number of methoxy groups -OCH3 is 1. The third kappa shape index (κ3) is 17.1. The van der Waals surface area contributed by atoms with Crippen LogP contribution in [0.5, 0.6) is 5.75 Å². The minimum absolute atomic E-state index is 0. The van der Waals surface area contributed by atoms with Gasteiger partial charge in [0.1, 0.15) is 38.6 Å². The van der Waals surface area contributed by atoms with Crippen LogP contribution in [-0.4, -0.2) is 66.6 Å². The van der Waals surface area contributed by atoms with E-state index in [2.05, 4.69) is 48.4 Å². The van der Waals surface area contributed by atoms with Gasteiger partial charge in [0, 0.05) is 6.07 Å². The van der Waals surface area contributed by atoms with Crippen LogP contribution in [0.3, 0.4) is 0 Å². The van der Waals surface area contributed by atoms with Gasteiger partial charge in [0.15, 0.2) is 56.0 Å². The van der Waals surface area contributed by atoms with E-state index in [0.717, 1.165) is 24.3 Å². The molecule has 282 valence electrons. The smallest absolute Gasteiger partial charge is 0.744 e. The molecule has 0 amide bonds. The van der Waals surface area contributed by atoms with Crippen molar-refractivity contribution in [2.75, 3.05) is 43.3 Å². The summed E-state index contributed by atoms with van der Waals surface area (Å²) < 4.78 is 109. The molecule has 23 nitrogen and oxygen atoms in total. The Labute approximate surface area is 384 Å². The molecule has 0 aliphatic carbocycles. The molecule has 0 saturated carbocycles. The number of nitrogen functional groups attached to an aromatic ring is 2. The van der Waals surface area contributed by atoms with E-state index in [9.17, 15) is 40.3 Å². The molecule has 0 radical (unpaired) electrons. The molecule has 3 aromatic rings. The molecular formula is C23H26N7Na3O16S5. The van der Waals surface area contributed by atoms with Gasteiger partial charge in [-0.25, -0.2) is 30.2 Å². The molecule has 0 bridgehead atoms. The second-order valence-electron chi connectivity index (χ2n) is 8.80. The van der Waals surface area contributed by atoms with Gasteiger partial charge in [-0.1, -0.05) is 7.43 Å². The minimum Gasteiger partial charge on any atom is -0.744 e. The van der Waals surface area contributed by atoms with Crippen LogP contribution in [0.2, 0.25) is 0 Å². The van der Waals surface area contributed by atoms with Gasteiger partial charge in [-0.2, -0.15) is 0 Å². The monoisotopic (exact) mass is 885 g/mol. The Hall–Kier alpha value is -0.620. The number of aromatic nitrogens is 1. The summed E-state index contributed by atoms with van der Waals surface area (Å²) >= 11 is 0.205. The van der Waals surface area contributed by atoms with Crippen LogP contribution in [0.1, 0.15) is 7.43 Å². The van der Waals surface area contributed by atoms with E-state index in [-0.39, 0.29) is 167 Å². The molecule has 2 aromatic carbocycles. The van der Waals surface area contributed by atoms with Crippen molar-refractivity contribution in [1.82, 2.24) is 4.98 Å². The number of ether oxygens (including phenoxy) is 1. The second kappa shape index (κ2) is 26.4. The van der Waals surface area contributed by atoms with Crippen LogP contribution in [-0.2, 0) is 56.9 Å². The number of nitrogens with two attached hydrogens (primary N) is 2. The molecule has 0 unspecified atom stereocenters. The van der Waals surface area contributed by atoms with Crippen molar-refractivity contribution in [3.63, 3.8) is 0 Å². The zero-order valence-corrected chi connectivity index (χ0v) is 37.9. The average Bonchev–Trinajstić information content (AvgIpc) is 3.06. The van der Waals surface area contributed by atoms with Gasteiger partial charge < -0.3 is 31.3 Å². The Morgan fingerprint density at radius 1 is 0.685 bits per heavy atom. The van der Waals surface area contributed by atoms with Crippen LogP contribution in [0, 0.1) is 0 Å². The first-order chi connectivity index (χ1) is 23.6. The first-order valence-electron chi connectivity index (χ1n) is 12.8. The Balaban J connectivity index is 0. The third-order valence-electron chi connectivity index (χ3n) is 5.72. The number of nitrogens with zero attached hydrogens (tertiary/aromatic N) is 5. The fourth-order valence-corrected chi connectivity index (χ4v) is 7.03. The van der Waals surface area contributed by atoms with Crippen molar-refractivity contribution in [2.45, 2.75) is 22.1 Å². The van der Waals surface area contributed by atoms with Crippen LogP contribution >= 0.6 is 24.6 Å². The topological polar surface area (TPSA) is 351 Å². The maximum absolute atomic E-state index is 12.7. The van der Waals surface area contributed by atoms with Gasteiger partial charge in [0.05, 0.1) is 46.5 Å². The van der Waals surface area contributed by atoms with Crippen LogP contribution in [0.15, 0.2) is 77.6 Å². The maximum Gasteiger partial charge on any atom is 1.00 e. The summed E-state index contributed by atoms with van der Waals surface area (Å²) in [6.07, 6.45) is 0. The molecule has 0 aliphatic heterocycles. The summed E-state index contributed by atoms with van der Waals surface area (Å²) in [6, 6.07) is 7.26. The molecule has 54 heavy (non-hydrogen) atoms. The Morgan fingerprint density at radius 2 is 1.13 bits per heavy atom. The van der Waals surface area contributed by atoms with Crippen molar-refractivity contribution >= 4 is 88.8 Å². The first kappa shape index (κ1) is 55.5. The largest absolute Gasteiger partial charge is 1.00 e. The fraction of sp³-hybridized carbons (Fsp3) is 0.261. The number of azo groups is 2. The summed E-state index contributed by atoms with van der Waals surface area (Å²) in [4.78, 5) is 2.06. The van der Waals surface area contributed by atoms with Crippen molar-refractivity contribution in [1.29, 1.82) is 0 Å². The van der Waals surface area contributed by atoms with Crippen molar-refractivity contribution < 1.29 is 161 Å². The molecule has 0 aliphatic rings. The predicted molar refractivity (Wildman–Crippen MR) is 171 cm³/mol. The molecule has 3 rings (SSSR count). The zero-order chi connectivity index (χ0) is 37.0. The number of hydrogen-bond donors (Lipinski definition) is 2. The van der Waals surface area contributed by atoms with E-state index in [1.807, 2.05) is 0 Å². The standard InChI is InChI=1S/C22H25N7O16S5.CH4.3Na/c1-39-19-5-3-13(48(32,33)8-6-40-46-44-42-30)10-16(19)27-29-18-12-17(21(23)25-22(18)24)28-26-15-4-2-14(11-20(15)50(36,37)38)49(34,35)9-7-41-47-45-43-31;;;;/h2-5,10-12,30-31H,6-9H2,1H3,(H4,23,24,25)(H,36,37,38);1H4;;;/q;;3*+1/p-3. The molecule has 0 spiro atoms. The van der Waals surface area contributed by atoms with Crippen molar-refractivity contribution in [3.8, 4) is 5.75 Å². The summed E-state index contributed by atoms with van der Waals surface area (Å²) in [7, 11) is -12.2. The van der Waals surface area contributed by atoms with Crippen molar-refractivity contribution in [3.05, 3.63) is 42.5 Å². The summed E-state index contributed by atoms with van der Waals surface area (Å²) in [5.74, 6) is -1.71. The maximum atomic E-state index is 12.7. The summed E-state index contributed by atoms with van der Waals surface area (Å²) in [5, 5.41) is 41.1. The molecule has 0 saturated heterocycles. The van der Waals surface area contributed by atoms with E-state index < -0.39 is 63.4 Å². The number of hydrogen-bond acceptors (Lipinski definition) is 25. The van der Waals surface area contributed by atoms with Crippen LogP contribution in [0.25, 0.3) is 0 Å². The number of benzene rings is 2. The number of rotatable bonds is 20. The van der Waals surface area contributed by atoms with E-state index in [1.54, 1.807) is 0 Å². The summed E-state index contributed by atoms with van der Waals surface area (Å²) in [6.45, 7) is -0.882. The van der Waals surface area contributed by atoms with Gasteiger partial charge in [0.2, 0.25) is 0 Å². The third-order valence-corrected chi connectivity index (χ3v) is 10.7. The molecule has 1 aromatic heterocycles. The van der Waals surface area contributed by atoms with Gasteiger partial charge in [-0.05, 0) is 36.4 Å². The second-order valence-corrected chi connectivity index (χ2v) is 15.4. The molecule has 0 atom stereocenters. The first-order valence-corrected chi connectivity index (χ1v) is 18.8. The molecule has 4 N–H and O–H groups in total. The Morgan fingerprint density at radius 3 is 1.59 bits per heavy atom. The number of pyridine rings is 1. The molecule has 31 heteroatoms. The van der Waals surface area contributed by atoms with Gasteiger partial charge in [0.25, 0.3) is 0 Å². The molecular weight excluding hydrogens is 860 g/mol. The molecule has 1 heterocycles. The summed E-state index contributed by atoms with van der Waals surface area (Å²) in [5.41, 5.74) is 10.7. The van der Waals surface area contributed by atoms with E-state index in [0.29, 0.717) is 6.07 Å². The van der Waals surface area contributed by atoms with E-state index >= 15 is 0 Å². The van der Waals surface area contributed by atoms with Gasteiger partial charge in [-0.15, -0.1) is 29.1 Å².